The van der Waals surface area contributed by atoms with Gasteiger partial charge in [-0.1, -0.05) is 19.3 Å². The summed E-state index contributed by atoms with van der Waals surface area (Å²) in [7, 11) is -2.40. The highest BCUT2D eigenvalue weighted by Gasteiger charge is 2.39. The third kappa shape index (κ3) is 6.94. The maximum atomic E-state index is 5.89. The molecule has 0 aromatic heterocycles. The third-order valence-electron chi connectivity index (χ3n) is 3.63. The van der Waals surface area contributed by atoms with Crippen LogP contribution >= 0.6 is 11.8 Å². The van der Waals surface area contributed by atoms with Crippen LogP contribution in [0.1, 0.15) is 59.3 Å². The average Bonchev–Trinajstić information content (AvgIpc) is 2.46. The topological polar surface area (TPSA) is 27.7 Å². The van der Waals surface area contributed by atoms with Crippen LogP contribution in [0.25, 0.3) is 0 Å². The van der Waals surface area contributed by atoms with Crippen molar-refractivity contribution in [2.75, 3.05) is 25.6 Å². The van der Waals surface area contributed by atoms with Crippen molar-refractivity contribution >= 4 is 20.6 Å². The van der Waals surface area contributed by atoms with Crippen molar-refractivity contribution in [3.05, 3.63) is 0 Å². The molecule has 0 radical (unpaired) electrons. The highest BCUT2D eigenvalue weighted by molar-refractivity contribution is 7.99. The molecular weight excluding hydrogens is 288 g/mol. The standard InChI is InChI=1S/C15H32O3SSi/c1-4-16-20(17-5-2,18-6-3)14-10-13-19-15-11-8-7-9-12-15/h15H,4-14H2,1-3H3. The molecule has 0 aromatic carbocycles. The maximum absolute atomic E-state index is 5.89. The fourth-order valence-electron chi connectivity index (χ4n) is 2.77. The fraction of sp³-hybridized carbons (Fsp3) is 1.00. The van der Waals surface area contributed by atoms with E-state index < -0.39 is 8.80 Å². The van der Waals surface area contributed by atoms with Crippen LogP contribution in [0.5, 0.6) is 0 Å². The second-order valence-corrected chi connectivity index (χ2v) is 9.36. The summed E-state index contributed by atoms with van der Waals surface area (Å²) >= 11 is 2.15. The zero-order valence-electron chi connectivity index (χ0n) is 13.5. The lowest BCUT2D eigenvalue weighted by atomic mass is 10.0. The minimum absolute atomic E-state index is 0.683. The van der Waals surface area contributed by atoms with Crippen LogP contribution in [0.2, 0.25) is 6.04 Å². The average molecular weight is 321 g/mol. The smallest absolute Gasteiger partial charge is 0.374 e. The van der Waals surface area contributed by atoms with Crippen molar-refractivity contribution in [2.45, 2.75) is 70.6 Å². The van der Waals surface area contributed by atoms with Gasteiger partial charge in [-0.05, 0) is 45.8 Å². The van der Waals surface area contributed by atoms with Crippen molar-refractivity contribution in [2.24, 2.45) is 0 Å². The van der Waals surface area contributed by atoms with Gasteiger partial charge in [-0.25, -0.2) is 0 Å². The second-order valence-electron chi connectivity index (χ2n) is 5.22. The SMILES string of the molecule is CCO[Si](CCCSC1CCCCC1)(OCC)OCC. The van der Waals surface area contributed by atoms with Gasteiger partial charge in [-0.3, -0.25) is 0 Å². The summed E-state index contributed by atoms with van der Waals surface area (Å²) in [6.07, 6.45) is 8.26. The van der Waals surface area contributed by atoms with Crippen LogP contribution in [0.3, 0.4) is 0 Å². The van der Waals surface area contributed by atoms with Gasteiger partial charge in [0.15, 0.2) is 0 Å². The highest BCUT2D eigenvalue weighted by atomic mass is 32.2. The van der Waals surface area contributed by atoms with E-state index in [1.807, 2.05) is 20.8 Å². The molecule has 1 rings (SSSR count). The van der Waals surface area contributed by atoms with E-state index >= 15 is 0 Å². The zero-order chi connectivity index (χ0) is 14.7. The Bertz CT molecular complexity index is 218. The molecule has 1 aliphatic carbocycles. The Morgan fingerprint density at radius 1 is 0.900 bits per heavy atom. The summed E-state index contributed by atoms with van der Waals surface area (Å²) in [4.78, 5) is 0. The predicted molar refractivity (Wildman–Crippen MR) is 89.4 cm³/mol. The van der Waals surface area contributed by atoms with E-state index in [2.05, 4.69) is 11.8 Å². The Hall–Kier alpha value is 0.447. The van der Waals surface area contributed by atoms with Gasteiger partial charge in [0.05, 0.1) is 0 Å². The van der Waals surface area contributed by atoms with Crippen LogP contribution in [-0.2, 0) is 13.3 Å². The largest absolute Gasteiger partial charge is 0.500 e. The van der Waals surface area contributed by atoms with E-state index in [1.54, 1.807) is 0 Å². The van der Waals surface area contributed by atoms with Crippen LogP contribution < -0.4 is 0 Å². The molecule has 1 fully saturated rings. The first-order chi connectivity index (χ1) is 9.76. The van der Waals surface area contributed by atoms with Gasteiger partial charge in [0.25, 0.3) is 0 Å². The monoisotopic (exact) mass is 320 g/mol. The normalized spacial score (nSPS) is 17.6. The molecule has 0 aromatic rings. The molecule has 0 atom stereocenters. The van der Waals surface area contributed by atoms with Gasteiger partial charge >= 0.3 is 8.80 Å². The summed E-state index contributed by atoms with van der Waals surface area (Å²) in [6, 6.07) is 0.961. The van der Waals surface area contributed by atoms with Gasteiger partial charge in [-0.15, -0.1) is 0 Å². The summed E-state index contributed by atoms with van der Waals surface area (Å²) in [5, 5.41) is 0.895. The van der Waals surface area contributed by atoms with Crippen LogP contribution in [0, 0.1) is 0 Å². The zero-order valence-corrected chi connectivity index (χ0v) is 15.3. The molecule has 0 aliphatic heterocycles. The summed E-state index contributed by atoms with van der Waals surface area (Å²) in [6.45, 7) is 8.12. The predicted octanol–water partition coefficient (Wildman–Crippen LogP) is 4.49. The van der Waals surface area contributed by atoms with Gasteiger partial charge in [0, 0.05) is 31.1 Å². The molecule has 3 nitrogen and oxygen atoms in total. The first kappa shape index (κ1) is 18.5. The Kier molecular flexibility index (Phi) is 10.2. The van der Waals surface area contributed by atoms with Crippen molar-refractivity contribution < 1.29 is 13.3 Å². The summed E-state index contributed by atoms with van der Waals surface area (Å²) in [5.74, 6) is 1.21. The van der Waals surface area contributed by atoms with Crippen molar-refractivity contribution in [1.82, 2.24) is 0 Å². The van der Waals surface area contributed by atoms with E-state index in [-0.39, 0.29) is 0 Å². The lowest BCUT2D eigenvalue weighted by Crippen LogP contribution is -2.46. The number of rotatable bonds is 11. The second kappa shape index (κ2) is 11.1. The Labute approximate surface area is 130 Å². The fourth-order valence-corrected chi connectivity index (χ4v) is 6.95. The van der Waals surface area contributed by atoms with Crippen LogP contribution in [-0.4, -0.2) is 39.6 Å². The van der Waals surface area contributed by atoms with Gasteiger partial charge in [0.1, 0.15) is 0 Å². The molecule has 0 spiro atoms. The van der Waals surface area contributed by atoms with Gasteiger partial charge in [-0.2, -0.15) is 11.8 Å². The molecule has 20 heavy (non-hydrogen) atoms. The van der Waals surface area contributed by atoms with E-state index in [9.17, 15) is 0 Å². The number of thioether (sulfide) groups is 1. The Balaban J connectivity index is 2.28. The lowest BCUT2D eigenvalue weighted by Gasteiger charge is -2.28. The van der Waals surface area contributed by atoms with Crippen molar-refractivity contribution in [3.8, 4) is 0 Å². The first-order valence-corrected chi connectivity index (χ1v) is 11.3. The molecular formula is C15H32O3SSi. The Morgan fingerprint density at radius 3 is 1.95 bits per heavy atom. The molecule has 1 saturated carbocycles. The van der Waals surface area contributed by atoms with E-state index in [1.165, 1.54) is 37.9 Å². The quantitative estimate of drug-likeness (QED) is 0.414. The highest BCUT2D eigenvalue weighted by Crippen LogP contribution is 2.29. The molecule has 5 heteroatoms. The molecule has 0 unspecified atom stereocenters. The lowest BCUT2D eigenvalue weighted by molar-refractivity contribution is 0.0712. The van der Waals surface area contributed by atoms with Crippen LogP contribution in [0.4, 0.5) is 0 Å². The van der Waals surface area contributed by atoms with Crippen LogP contribution in [0.15, 0.2) is 0 Å². The molecule has 0 N–H and O–H groups in total. The molecule has 0 heterocycles. The van der Waals surface area contributed by atoms with Gasteiger partial charge < -0.3 is 13.3 Å². The molecule has 0 bridgehead atoms. The molecule has 120 valence electrons. The van der Waals surface area contributed by atoms with Crippen molar-refractivity contribution in [3.63, 3.8) is 0 Å². The molecule has 0 amide bonds. The van der Waals surface area contributed by atoms with E-state index in [0.717, 1.165) is 17.7 Å². The summed E-state index contributed by atoms with van der Waals surface area (Å²) in [5.41, 5.74) is 0. The third-order valence-corrected chi connectivity index (χ3v) is 8.24. The minimum atomic E-state index is -2.40. The number of hydrogen-bond acceptors (Lipinski definition) is 4. The summed E-state index contributed by atoms with van der Waals surface area (Å²) < 4.78 is 17.7. The van der Waals surface area contributed by atoms with E-state index in [4.69, 9.17) is 13.3 Å². The molecule has 1 aliphatic rings. The first-order valence-electron chi connectivity index (χ1n) is 8.29. The van der Waals surface area contributed by atoms with E-state index in [0.29, 0.717) is 19.8 Å². The molecule has 0 saturated heterocycles. The Morgan fingerprint density at radius 2 is 1.45 bits per heavy atom. The van der Waals surface area contributed by atoms with Crippen molar-refractivity contribution in [1.29, 1.82) is 0 Å². The van der Waals surface area contributed by atoms with Gasteiger partial charge in [0.2, 0.25) is 0 Å². The minimum Gasteiger partial charge on any atom is -0.374 e. The maximum Gasteiger partial charge on any atom is 0.500 e. The number of hydrogen-bond donors (Lipinski definition) is 0.